The number of aromatic nitrogens is 4. The number of imidazole rings is 2. The van der Waals surface area contributed by atoms with Crippen molar-refractivity contribution < 1.29 is 4.79 Å². The SMILES string of the molecule is CCn1ccnc1NC(=O)c1ccc2c(c1)[nH]c(=O)n2CC1CC1. The van der Waals surface area contributed by atoms with Gasteiger partial charge < -0.3 is 9.55 Å². The fraction of sp³-hybridized carbons (Fsp3) is 0.353. The molecule has 2 heterocycles. The predicted octanol–water partition coefficient (Wildman–Crippen LogP) is 2.21. The monoisotopic (exact) mass is 325 g/mol. The molecule has 4 rings (SSSR count). The number of fused-ring (bicyclic) bond motifs is 1. The lowest BCUT2D eigenvalue weighted by Crippen LogP contribution is -2.17. The Kier molecular flexibility index (Phi) is 3.48. The molecule has 1 fully saturated rings. The molecule has 7 heteroatoms. The molecular formula is C17H19N5O2. The van der Waals surface area contributed by atoms with Crippen molar-refractivity contribution in [2.45, 2.75) is 32.9 Å². The van der Waals surface area contributed by atoms with Gasteiger partial charge in [0.2, 0.25) is 5.95 Å². The summed E-state index contributed by atoms with van der Waals surface area (Å²) in [6.07, 6.45) is 5.83. The highest BCUT2D eigenvalue weighted by molar-refractivity contribution is 6.05. The van der Waals surface area contributed by atoms with E-state index in [1.54, 1.807) is 22.9 Å². The summed E-state index contributed by atoms with van der Waals surface area (Å²) in [7, 11) is 0. The molecule has 0 spiro atoms. The number of nitrogens with one attached hydrogen (secondary N) is 2. The number of hydrogen-bond acceptors (Lipinski definition) is 3. The number of aryl methyl sites for hydroxylation is 1. The van der Waals surface area contributed by atoms with Crippen LogP contribution in [0.25, 0.3) is 11.0 Å². The zero-order valence-corrected chi connectivity index (χ0v) is 13.5. The lowest BCUT2D eigenvalue weighted by Gasteiger charge is -2.07. The molecule has 1 aliphatic rings. The van der Waals surface area contributed by atoms with Crippen molar-refractivity contribution in [3.8, 4) is 0 Å². The Morgan fingerprint density at radius 2 is 2.25 bits per heavy atom. The van der Waals surface area contributed by atoms with Crippen LogP contribution in [-0.4, -0.2) is 25.0 Å². The van der Waals surface area contributed by atoms with Crippen LogP contribution >= 0.6 is 0 Å². The standard InChI is InChI=1S/C17H19N5O2/c1-2-21-8-7-18-16(21)20-15(23)12-5-6-14-13(9-12)19-17(24)22(14)10-11-3-4-11/h5-9,11H,2-4,10H2,1H3,(H,19,24)(H,18,20,23). The van der Waals surface area contributed by atoms with Crippen molar-refractivity contribution in [1.82, 2.24) is 19.1 Å². The van der Waals surface area contributed by atoms with E-state index in [9.17, 15) is 9.59 Å². The number of nitrogens with zero attached hydrogens (tertiary/aromatic N) is 3. The van der Waals surface area contributed by atoms with Crippen LogP contribution in [-0.2, 0) is 13.1 Å². The zero-order chi connectivity index (χ0) is 16.7. The van der Waals surface area contributed by atoms with Crippen molar-refractivity contribution in [1.29, 1.82) is 0 Å². The fourth-order valence-corrected chi connectivity index (χ4v) is 2.91. The first-order valence-corrected chi connectivity index (χ1v) is 8.20. The van der Waals surface area contributed by atoms with E-state index < -0.39 is 0 Å². The molecular weight excluding hydrogens is 306 g/mol. The number of aromatic amines is 1. The summed E-state index contributed by atoms with van der Waals surface area (Å²) in [5, 5.41) is 2.80. The third kappa shape index (κ3) is 2.62. The second kappa shape index (κ2) is 5.67. The molecule has 7 nitrogen and oxygen atoms in total. The molecule has 1 aromatic carbocycles. The highest BCUT2D eigenvalue weighted by atomic mass is 16.2. The van der Waals surface area contributed by atoms with Crippen LogP contribution in [0.5, 0.6) is 0 Å². The van der Waals surface area contributed by atoms with E-state index in [1.165, 1.54) is 12.8 Å². The molecule has 0 unspecified atom stereocenters. The first kappa shape index (κ1) is 14.7. The van der Waals surface area contributed by atoms with E-state index in [4.69, 9.17) is 0 Å². The normalized spacial score (nSPS) is 14.2. The summed E-state index contributed by atoms with van der Waals surface area (Å²) in [5.41, 5.74) is 1.91. The molecule has 0 saturated heterocycles. The van der Waals surface area contributed by atoms with Crippen LogP contribution in [0.15, 0.2) is 35.4 Å². The van der Waals surface area contributed by atoms with E-state index in [0.29, 0.717) is 22.9 Å². The average Bonchev–Trinajstić information content (AvgIpc) is 3.20. The van der Waals surface area contributed by atoms with Crippen LogP contribution in [0.3, 0.4) is 0 Å². The third-order valence-corrected chi connectivity index (χ3v) is 4.46. The van der Waals surface area contributed by atoms with Gasteiger partial charge in [0.25, 0.3) is 5.91 Å². The third-order valence-electron chi connectivity index (χ3n) is 4.46. The smallest absolute Gasteiger partial charge is 0.317 e. The molecule has 1 saturated carbocycles. The van der Waals surface area contributed by atoms with Crippen molar-refractivity contribution in [2.24, 2.45) is 5.92 Å². The highest BCUT2D eigenvalue weighted by Crippen LogP contribution is 2.31. The van der Waals surface area contributed by atoms with Crippen molar-refractivity contribution in [3.63, 3.8) is 0 Å². The maximum Gasteiger partial charge on any atom is 0.326 e. The molecule has 0 radical (unpaired) electrons. The molecule has 124 valence electrons. The number of benzene rings is 1. The number of anilines is 1. The number of H-pyrrole nitrogens is 1. The minimum absolute atomic E-state index is 0.115. The van der Waals surface area contributed by atoms with Gasteiger partial charge in [-0.1, -0.05) is 0 Å². The fourth-order valence-electron chi connectivity index (χ4n) is 2.91. The van der Waals surface area contributed by atoms with Crippen molar-refractivity contribution >= 4 is 22.9 Å². The van der Waals surface area contributed by atoms with E-state index in [0.717, 1.165) is 18.6 Å². The molecule has 0 aliphatic heterocycles. The summed E-state index contributed by atoms with van der Waals surface area (Å²) in [6.45, 7) is 3.46. The van der Waals surface area contributed by atoms with Crippen LogP contribution in [0.2, 0.25) is 0 Å². The predicted molar refractivity (Wildman–Crippen MR) is 91.1 cm³/mol. The summed E-state index contributed by atoms with van der Waals surface area (Å²) in [5.74, 6) is 0.883. The van der Waals surface area contributed by atoms with Gasteiger partial charge in [-0.3, -0.25) is 14.7 Å². The molecule has 3 aromatic rings. The average molecular weight is 325 g/mol. The Morgan fingerprint density at radius 1 is 1.42 bits per heavy atom. The first-order chi connectivity index (χ1) is 11.7. The number of amides is 1. The highest BCUT2D eigenvalue weighted by Gasteiger charge is 2.23. The minimum Gasteiger partial charge on any atom is -0.317 e. The summed E-state index contributed by atoms with van der Waals surface area (Å²) < 4.78 is 3.61. The summed E-state index contributed by atoms with van der Waals surface area (Å²) >= 11 is 0. The van der Waals surface area contributed by atoms with Gasteiger partial charge in [0.05, 0.1) is 11.0 Å². The molecule has 2 N–H and O–H groups in total. The summed E-state index contributed by atoms with van der Waals surface area (Å²) in [6, 6.07) is 5.29. The molecule has 1 aliphatic carbocycles. The van der Waals surface area contributed by atoms with Gasteiger partial charge in [0.15, 0.2) is 0 Å². The van der Waals surface area contributed by atoms with Crippen LogP contribution < -0.4 is 11.0 Å². The van der Waals surface area contributed by atoms with Gasteiger partial charge in [-0.2, -0.15) is 0 Å². The number of carbonyl (C=O) groups is 1. The Labute approximate surface area is 138 Å². The van der Waals surface area contributed by atoms with E-state index in [1.807, 2.05) is 23.8 Å². The Morgan fingerprint density at radius 3 is 3.00 bits per heavy atom. The van der Waals surface area contributed by atoms with Crippen molar-refractivity contribution in [2.75, 3.05) is 5.32 Å². The maximum absolute atomic E-state index is 12.4. The molecule has 1 amide bonds. The number of hydrogen-bond donors (Lipinski definition) is 2. The zero-order valence-electron chi connectivity index (χ0n) is 13.5. The Hall–Kier alpha value is -2.83. The maximum atomic E-state index is 12.4. The van der Waals surface area contributed by atoms with Crippen LogP contribution in [0.1, 0.15) is 30.1 Å². The minimum atomic E-state index is -0.242. The van der Waals surface area contributed by atoms with E-state index >= 15 is 0 Å². The second-order valence-electron chi connectivity index (χ2n) is 6.21. The Bertz CT molecular complexity index is 961. The first-order valence-electron chi connectivity index (χ1n) is 8.20. The van der Waals surface area contributed by atoms with Crippen LogP contribution in [0, 0.1) is 5.92 Å². The molecule has 24 heavy (non-hydrogen) atoms. The van der Waals surface area contributed by atoms with Gasteiger partial charge in [-0.15, -0.1) is 0 Å². The molecule has 0 bridgehead atoms. The lowest BCUT2D eigenvalue weighted by atomic mass is 10.2. The number of rotatable bonds is 5. The van der Waals surface area contributed by atoms with Gasteiger partial charge in [-0.05, 0) is 43.9 Å². The Balaban J connectivity index is 1.62. The van der Waals surface area contributed by atoms with Crippen molar-refractivity contribution in [3.05, 3.63) is 46.6 Å². The van der Waals surface area contributed by atoms with Gasteiger partial charge >= 0.3 is 5.69 Å². The van der Waals surface area contributed by atoms with Crippen LogP contribution in [0.4, 0.5) is 5.95 Å². The van der Waals surface area contributed by atoms with E-state index in [2.05, 4.69) is 15.3 Å². The second-order valence-corrected chi connectivity index (χ2v) is 6.21. The van der Waals surface area contributed by atoms with E-state index in [-0.39, 0.29) is 11.6 Å². The largest absolute Gasteiger partial charge is 0.326 e. The molecule has 0 atom stereocenters. The quantitative estimate of drug-likeness (QED) is 0.754. The van der Waals surface area contributed by atoms with Gasteiger partial charge in [-0.25, -0.2) is 9.78 Å². The van der Waals surface area contributed by atoms with Gasteiger partial charge in [0, 0.05) is 31.0 Å². The van der Waals surface area contributed by atoms with Gasteiger partial charge in [0.1, 0.15) is 0 Å². The summed E-state index contributed by atoms with van der Waals surface area (Å²) in [4.78, 5) is 31.5. The molecule has 2 aromatic heterocycles. The topological polar surface area (TPSA) is 84.7 Å². The lowest BCUT2D eigenvalue weighted by molar-refractivity contribution is 0.102. The number of carbonyl (C=O) groups excluding carboxylic acids is 1.